The van der Waals surface area contributed by atoms with Crippen LogP contribution in [0.4, 0.5) is 32.2 Å². The van der Waals surface area contributed by atoms with Gasteiger partial charge in [0.25, 0.3) is 0 Å². The van der Waals surface area contributed by atoms with Crippen molar-refractivity contribution in [3.8, 4) is 5.75 Å². The van der Waals surface area contributed by atoms with E-state index < -0.39 is 23.5 Å². The summed E-state index contributed by atoms with van der Waals surface area (Å²) in [6.45, 7) is 1.90. The normalized spacial score (nSPS) is 23.4. The lowest BCUT2D eigenvalue weighted by Gasteiger charge is -2.40. The maximum absolute atomic E-state index is 13.1. The van der Waals surface area contributed by atoms with Crippen LogP contribution >= 0.6 is 0 Å². The van der Waals surface area contributed by atoms with Gasteiger partial charge in [0.05, 0.1) is 11.1 Å². The van der Waals surface area contributed by atoms with Crippen molar-refractivity contribution in [3.63, 3.8) is 0 Å². The summed E-state index contributed by atoms with van der Waals surface area (Å²) in [5.74, 6) is 0.910. The zero-order chi connectivity index (χ0) is 23.8. The van der Waals surface area contributed by atoms with E-state index in [4.69, 9.17) is 4.74 Å². The third-order valence-electron chi connectivity index (χ3n) is 6.19. The lowest BCUT2D eigenvalue weighted by molar-refractivity contribution is -0.138. The Morgan fingerprint density at radius 2 is 1.61 bits per heavy atom. The predicted octanol–water partition coefficient (Wildman–Crippen LogP) is 7.12. The van der Waals surface area contributed by atoms with Crippen molar-refractivity contribution in [1.29, 1.82) is 0 Å². The molecule has 0 amide bonds. The molecule has 9 heteroatoms. The third-order valence-corrected chi connectivity index (χ3v) is 6.19. The fourth-order valence-electron chi connectivity index (χ4n) is 4.69. The monoisotopic (exact) mass is 470 g/mol. The molecule has 0 N–H and O–H groups in total. The van der Waals surface area contributed by atoms with Crippen LogP contribution in [0, 0.1) is 0 Å². The van der Waals surface area contributed by atoms with Gasteiger partial charge in [0.15, 0.2) is 0 Å². The molecular weight excluding hydrogens is 446 g/mol. The molecule has 3 heterocycles. The SMILES string of the molecule is CC/C=C/c1cc(C(F)(F)F)ccc1O[C@H]1C[C@H]2CC[C@@H](C1)N2c1ccc(C(F)(F)F)cn1. The van der Waals surface area contributed by atoms with Crippen LogP contribution in [-0.2, 0) is 12.4 Å². The minimum Gasteiger partial charge on any atom is -0.490 e. The topological polar surface area (TPSA) is 25.4 Å². The maximum atomic E-state index is 13.1. The average Bonchev–Trinajstić information content (AvgIpc) is 3.02. The number of anilines is 1. The number of ether oxygens (including phenoxy) is 1. The predicted molar refractivity (Wildman–Crippen MR) is 113 cm³/mol. The van der Waals surface area contributed by atoms with Crippen LogP contribution < -0.4 is 9.64 Å². The number of alkyl halides is 6. The third kappa shape index (κ3) is 5.12. The van der Waals surface area contributed by atoms with Gasteiger partial charge < -0.3 is 9.64 Å². The highest BCUT2D eigenvalue weighted by atomic mass is 19.4. The molecule has 0 unspecified atom stereocenters. The molecule has 0 radical (unpaired) electrons. The first-order valence-corrected chi connectivity index (χ1v) is 10.9. The van der Waals surface area contributed by atoms with E-state index in [0.717, 1.165) is 37.2 Å². The van der Waals surface area contributed by atoms with E-state index in [2.05, 4.69) is 9.88 Å². The second kappa shape index (κ2) is 8.91. The van der Waals surface area contributed by atoms with Crippen molar-refractivity contribution in [2.24, 2.45) is 0 Å². The van der Waals surface area contributed by atoms with Gasteiger partial charge in [-0.25, -0.2) is 4.98 Å². The summed E-state index contributed by atoms with van der Waals surface area (Å²) in [4.78, 5) is 6.11. The summed E-state index contributed by atoms with van der Waals surface area (Å²) in [5.41, 5.74) is -1.13. The molecule has 4 rings (SSSR count). The summed E-state index contributed by atoms with van der Waals surface area (Å²) in [6, 6.07) is 6.04. The first-order valence-electron chi connectivity index (χ1n) is 10.9. The number of piperidine rings is 1. The van der Waals surface area contributed by atoms with E-state index in [-0.39, 0.29) is 18.2 Å². The molecule has 33 heavy (non-hydrogen) atoms. The second-order valence-electron chi connectivity index (χ2n) is 8.47. The van der Waals surface area contributed by atoms with Crippen LogP contribution in [0.25, 0.3) is 6.08 Å². The maximum Gasteiger partial charge on any atom is 0.417 e. The highest BCUT2D eigenvalue weighted by Gasteiger charge is 2.43. The van der Waals surface area contributed by atoms with E-state index in [1.54, 1.807) is 12.2 Å². The minimum absolute atomic E-state index is 0.0575. The van der Waals surface area contributed by atoms with Crippen LogP contribution in [-0.4, -0.2) is 23.2 Å². The van der Waals surface area contributed by atoms with Crippen molar-refractivity contribution < 1.29 is 31.1 Å². The number of pyridine rings is 1. The zero-order valence-electron chi connectivity index (χ0n) is 18.0. The van der Waals surface area contributed by atoms with Gasteiger partial charge in [-0.05, 0) is 49.6 Å². The molecule has 0 saturated carbocycles. The van der Waals surface area contributed by atoms with E-state index in [0.29, 0.717) is 36.4 Å². The molecule has 2 aliphatic rings. The smallest absolute Gasteiger partial charge is 0.417 e. The van der Waals surface area contributed by atoms with Gasteiger partial charge in [0.2, 0.25) is 0 Å². The van der Waals surface area contributed by atoms with Crippen molar-refractivity contribution in [1.82, 2.24) is 4.98 Å². The number of halogens is 6. The van der Waals surface area contributed by atoms with Gasteiger partial charge in [-0.3, -0.25) is 0 Å². The minimum atomic E-state index is -4.44. The Kier molecular flexibility index (Phi) is 6.33. The molecule has 178 valence electrons. The van der Waals surface area contributed by atoms with Gasteiger partial charge in [0.1, 0.15) is 17.7 Å². The fraction of sp³-hybridized carbons (Fsp3) is 0.458. The van der Waals surface area contributed by atoms with Crippen LogP contribution in [0.3, 0.4) is 0 Å². The largest absolute Gasteiger partial charge is 0.490 e. The Morgan fingerprint density at radius 1 is 0.970 bits per heavy atom. The van der Waals surface area contributed by atoms with Gasteiger partial charge in [-0.15, -0.1) is 0 Å². The summed E-state index contributed by atoms with van der Waals surface area (Å²) >= 11 is 0. The van der Waals surface area contributed by atoms with E-state index in [1.165, 1.54) is 12.1 Å². The number of rotatable bonds is 5. The van der Waals surface area contributed by atoms with Crippen LogP contribution in [0.5, 0.6) is 5.75 Å². The molecule has 3 nitrogen and oxygen atoms in total. The molecular formula is C24H24F6N2O. The lowest BCUT2D eigenvalue weighted by atomic mass is 9.99. The summed E-state index contributed by atoms with van der Waals surface area (Å²) in [7, 11) is 0. The Bertz CT molecular complexity index is 985. The van der Waals surface area contributed by atoms with Crippen molar-refractivity contribution in [2.45, 2.75) is 69.6 Å². The Balaban J connectivity index is 1.50. The summed E-state index contributed by atoms with van der Waals surface area (Å²) in [6.07, 6.45) is -1.14. The van der Waals surface area contributed by atoms with Gasteiger partial charge in [0, 0.05) is 36.7 Å². The number of nitrogens with zero attached hydrogens (tertiary/aromatic N) is 2. The van der Waals surface area contributed by atoms with E-state index in [9.17, 15) is 26.3 Å². The average molecular weight is 470 g/mol. The second-order valence-corrected chi connectivity index (χ2v) is 8.47. The highest BCUT2D eigenvalue weighted by Crippen LogP contribution is 2.41. The number of benzene rings is 1. The Hall–Kier alpha value is -2.71. The van der Waals surface area contributed by atoms with Gasteiger partial charge in [-0.1, -0.05) is 19.1 Å². The highest BCUT2D eigenvalue weighted by molar-refractivity contribution is 5.59. The molecule has 2 fully saturated rings. The molecule has 0 spiro atoms. The van der Waals surface area contributed by atoms with Gasteiger partial charge >= 0.3 is 12.4 Å². The molecule has 2 bridgehead atoms. The Morgan fingerprint density at radius 3 is 2.15 bits per heavy atom. The lowest BCUT2D eigenvalue weighted by Crippen LogP contribution is -2.46. The molecule has 2 saturated heterocycles. The van der Waals surface area contributed by atoms with Crippen LogP contribution in [0.2, 0.25) is 0 Å². The van der Waals surface area contributed by atoms with E-state index >= 15 is 0 Å². The summed E-state index contributed by atoms with van der Waals surface area (Å²) < 4.78 is 84.2. The molecule has 1 aromatic carbocycles. The molecule has 3 atom stereocenters. The molecule has 2 aromatic rings. The number of allylic oxidation sites excluding steroid dienone is 1. The standard InChI is InChI=1S/C24H24F6N2O/c1-2-3-4-15-11-16(23(25,26)27)5-9-21(15)33-20-12-18-7-8-19(13-20)32(18)22-10-6-17(14-31-22)24(28,29)30/h3-6,9-11,14,18-20H,2,7-8,12-13H2,1H3/b4-3+/t18-,19+,20+. The molecule has 0 aliphatic carbocycles. The zero-order valence-corrected chi connectivity index (χ0v) is 18.0. The van der Waals surface area contributed by atoms with Crippen LogP contribution in [0.1, 0.15) is 55.7 Å². The van der Waals surface area contributed by atoms with Crippen molar-refractivity contribution in [2.75, 3.05) is 4.90 Å². The first kappa shape index (κ1) is 23.4. The molecule has 1 aromatic heterocycles. The van der Waals surface area contributed by atoms with Crippen molar-refractivity contribution in [3.05, 3.63) is 59.3 Å². The van der Waals surface area contributed by atoms with E-state index in [1.807, 2.05) is 6.92 Å². The van der Waals surface area contributed by atoms with Crippen molar-refractivity contribution >= 4 is 11.9 Å². The summed E-state index contributed by atoms with van der Waals surface area (Å²) in [5, 5.41) is 0. The number of fused-ring (bicyclic) bond motifs is 2. The Labute approximate surface area is 188 Å². The fourth-order valence-corrected chi connectivity index (χ4v) is 4.69. The van der Waals surface area contributed by atoms with Gasteiger partial charge in [-0.2, -0.15) is 26.3 Å². The number of aromatic nitrogens is 1. The quantitative estimate of drug-likeness (QED) is 0.435. The number of hydrogen-bond donors (Lipinski definition) is 0. The van der Waals surface area contributed by atoms with Crippen LogP contribution in [0.15, 0.2) is 42.6 Å². The molecule has 2 aliphatic heterocycles. The number of hydrogen-bond acceptors (Lipinski definition) is 3. The first-order chi connectivity index (χ1) is 15.6.